The standard InChI is InChI=1S/C25H34N2O6S/c1-18(19-7-5-4-6-8-19)26-25(28)20-9-11-21(12-10-20)27-34(29,30)22-13-14-23(24(17-22)32-3)33-16-15-31-2/h4-8,13-14,17-18,20-21,27H,9-12,15-16H2,1-3H3,(H,26,28)/t18-,20-,21-/m1/s1. The second-order valence-corrected chi connectivity index (χ2v) is 10.2. The van der Waals surface area contributed by atoms with Gasteiger partial charge in [0.2, 0.25) is 15.9 Å². The maximum Gasteiger partial charge on any atom is 0.240 e. The zero-order chi connectivity index (χ0) is 24.6. The lowest BCUT2D eigenvalue weighted by atomic mass is 9.85. The zero-order valence-corrected chi connectivity index (χ0v) is 20.8. The summed E-state index contributed by atoms with van der Waals surface area (Å²) in [5.74, 6) is 0.698. The van der Waals surface area contributed by atoms with Gasteiger partial charge in [0.25, 0.3) is 0 Å². The number of ether oxygens (including phenoxy) is 3. The minimum absolute atomic E-state index is 0.0199. The summed E-state index contributed by atoms with van der Waals surface area (Å²) in [4.78, 5) is 12.8. The monoisotopic (exact) mass is 490 g/mol. The van der Waals surface area contributed by atoms with Crippen molar-refractivity contribution in [2.75, 3.05) is 27.4 Å². The van der Waals surface area contributed by atoms with Crippen LogP contribution >= 0.6 is 0 Å². The van der Waals surface area contributed by atoms with Gasteiger partial charge in [0.1, 0.15) is 6.61 Å². The van der Waals surface area contributed by atoms with Crippen molar-refractivity contribution in [1.82, 2.24) is 10.0 Å². The lowest BCUT2D eigenvalue weighted by Crippen LogP contribution is -2.41. The Morgan fingerprint density at radius 1 is 1.00 bits per heavy atom. The molecule has 2 aromatic carbocycles. The van der Waals surface area contributed by atoms with Crippen molar-refractivity contribution in [3.05, 3.63) is 54.1 Å². The predicted molar refractivity (Wildman–Crippen MR) is 129 cm³/mol. The Morgan fingerprint density at radius 2 is 1.71 bits per heavy atom. The Morgan fingerprint density at radius 3 is 2.35 bits per heavy atom. The molecule has 0 aliphatic heterocycles. The molecule has 0 saturated heterocycles. The lowest BCUT2D eigenvalue weighted by molar-refractivity contribution is -0.126. The van der Waals surface area contributed by atoms with Gasteiger partial charge in [-0.3, -0.25) is 4.79 Å². The second-order valence-electron chi connectivity index (χ2n) is 8.46. The fourth-order valence-electron chi connectivity index (χ4n) is 4.09. The van der Waals surface area contributed by atoms with Crippen LogP contribution in [0.15, 0.2) is 53.4 Å². The first-order valence-electron chi connectivity index (χ1n) is 11.5. The molecule has 1 aliphatic carbocycles. The molecule has 1 fully saturated rings. The molecule has 1 aliphatic rings. The van der Waals surface area contributed by atoms with E-state index in [0.717, 1.165) is 5.56 Å². The number of carbonyl (C=O) groups is 1. The van der Waals surface area contributed by atoms with Gasteiger partial charge >= 0.3 is 0 Å². The third-order valence-corrected chi connectivity index (χ3v) is 7.59. The summed E-state index contributed by atoms with van der Waals surface area (Å²) in [7, 11) is -0.696. The van der Waals surface area contributed by atoms with E-state index < -0.39 is 10.0 Å². The lowest BCUT2D eigenvalue weighted by Gasteiger charge is -2.29. The molecule has 1 saturated carbocycles. The van der Waals surface area contributed by atoms with Gasteiger partial charge in [-0.2, -0.15) is 0 Å². The van der Waals surface area contributed by atoms with Crippen molar-refractivity contribution in [1.29, 1.82) is 0 Å². The van der Waals surface area contributed by atoms with E-state index in [9.17, 15) is 13.2 Å². The molecule has 2 N–H and O–H groups in total. The maximum atomic E-state index is 13.0. The van der Waals surface area contributed by atoms with E-state index in [1.165, 1.54) is 19.2 Å². The van der Waals surface area contributed by atoms with Crippen molar-refractivity contribution < 1.29 is 27.4 Å². The molecule has 186 valence electrons. The summed E-state index contributed by atoms with van der Waals surface area (Å²) in [5, 5.41) is 3.08. The molecule has 0 radical (unpaired) electrons. The third-order valence-electron chi connectivity index (χ3n) is 6.07. The zero-order valence-electron chi connectivity index (χ0n) is 20.0. The van der Waals surface area contributed by atoms with Crippen LogP contribution in [0.3, 0.4) is 0 Å². The first kappa shape index (κ1) is 26.0. The molecule has 0 heterocycles. The Kier molecular flexibility index (Phi) is 9.32. The minimum Gasteiger partial charge on any atom is -0.493 e. The highest BCUT2D eigenvalue weighted by Gasteiger charge is 2.30. The number of amides is 1. The fourth-order valence-corrected chi connectivity index (χ4v) is 5.41. The summed E-state index contributed by atoms with van der Waals surface area (Å²) < 4.78 is 44.5. The second kappa shape index (κ2) is 12.2. The largest absolute Gasteiger partial charge is 0.493 e. The number of nitrogens with one attached hydrogen (secondary N) is 2. The summed E-state index contributed by atoms with van der Waals surface area (Å²) >= 11 is 0. The SMILES string of the molecule is COCCOc1ccc(S(=O)(=O)N[C@H]2CC[C@H](C(=O)N[C@H](C)c3ccccc3)CC2)cc1OC. The molecule has 0 spiro atoms. The normalized spacial score (nSPS) is 19.3. The van der Waals surface area contributed by atoms with E-state index in [-0.39, 0.29) is 28.8 Å². The van der Waals surface area contributed by atoms with E-state index in [0.29, 0.717) is 50.4 Å². The Balaban J connectivity index is 1.54. The van der Waals surface area contributed by atoms with Crippen LogP contribution in [0.4, 0.5) is 0 Å². The highest BCUT2D eigenvalue weighted by Crippen LogP contribution is 2.31. The maximum absolute atomic E-state index is 13.0. The molecule has 0 unspecified atom stereocenters. The molecule has 34 heavy (non-hydrogen) atoms. The van der Waals surface area contributed by atoms with Crippen LogP contribution in [-0.4, -0.2) is 47.8 Å². The minimum atomic E-state index is -3.74. The molecule has 0 aromatic heterocycles. The number of benzene rings is 2. The third kappa shape index (κ3) is 6.94. The summed E-state index contributed by atoms with van der Waals surface area (Å²) in [6.45, 7) is 2.71. The van der Waals surface area contributed by atoms with Crippen LogP contribution in [0.5, 0.6) is 11.5 Å². The Bertz CT molecular complexity index is 1040. The smallest absolute Gasteiger partial charge is 0.240 e. The molecule has 2 aromatic rings. The van der Waals surface area contributed by atoms with E-state index in [4.69, 9.17) is 14.2 Å². The molecular weight excluding hydrogens is 456 g/mol. The average Bonchev–Trinajstić information content (AvgIpc) is 2.85. The van der Waals surface area contributed by atoms with Gasteiger partial charge in [-0.05, 0) is 50.3 Å². The molecule has 8 nitrogen and oxygen atoms in total. The average molecular weight is 491 g/mol. The first-order valence-corrected chi connectivity index (χ1v) is 13.0. The summed E-state index contributed by atoms with van der Waals surface area (Å²) in [5.41, 5.74) is 1.06. The van der Waals surface area contributed by atoms with E-state index in [1.54, 1.807) is 13.2 Å². The highest BCUT2D eigenvalue weighted by atomic mass is 32.2. The van der Waals surface area contributed by atoms with Gasteiger partial charge in [0, 0.05) is 25.1 Å². The summed E-state index contributed by atoms with van der Waals surface area (Å²) in [6.07, 6.45) is 2.48. The molecule has 3 rings (SSSR count). The number of methoxy groups -OCH3 is 2. The Labute approximate surface area is 202 Å². The van der Waals surface area contributed by atoms with Crippen LogP contribution in [0.1, 0.15) is 44.2 Å². The van der Waals surface area contributed by atoms with Crippen LogP contribution in [0.25, 0.3) is 0 Å². The fraction of sp³-hybridized carbons (Fsp3) is 0.480. The number of hydrogen-bond acceptors (Lipinski definition) is 6. The van der Waals surface area contributed by atoms with Crippen LogP contribution in [0, 0.1) is 5.92 Å². The van der Waals surface area contributed by atoms with Crippen LogP contribution < -0.4 is 19.5 Å². The van der Waals surface area contributed by atoms with Gasteiger partial charge in [-0.1, -0.05) is 30.3 Å². The van der Waals surface area contributed by atoms with Gasteiger partial charge in [-0.25, -0.2) is 13.1 Å². The van der Waals surface area contributed by atoms with Gasteiger partial charge < -0.3 is 19.5 Å². The van der Waals surface area contributed by atoms with Crippen molar-refractivity contribution >= 4 is 15.9 Å². The van der Waals surface area contributed by atoms with Crippen molar-refractivity contribution in [2.45, 2.75) is 49.6 Å². The van der Waals surface area contributed by atoms with Crippen LogP contribution in [0.2, 0.25) is 0 Å². The quantitative estimate of drug-likeness (QED) is 0.468. The van der Waals surface area contributed by atoms with E-state index in [1.807, 2.05) is 37.3 Å². The van der Waals surface area contributed by atoms with Crippen molar-refractivity contribution in [3.63, 3.8) is 0 Å². The number of rotatable bonds is 11. The molecular formula is C25H34N2O6S. The topological polar surface area (TPSA) is 103 Å². The van der Waals surface area contributed by atoms with Gasteiger partial charge in [0.15, 0.2) is 11.5 Å². The summed E-state index contributed by atoms with van der Waals surface area (Å²) in [6, 6.07) is 14.1. The van der Waals surface area contributed by atoms with E-state index >= 15 is 0 Å². The molecule has 0 bridgehead atoms. The van der Waals surface area contributed by atoms with Gasteiger partial charge in [-0.15, -0.1) is 0 Å². The number of sulfonamides is 1. The highest BCUT2D eigenvalue weighted by molar-refractivity contribution is 7.89. The van der Waals surface area contributed by atoms with E-state index in [2.05, 4.69) is 10.0 Å². The molecule has 1 amide bonds. The number of carbonyl (C=O) groups excluding carboxylic acids is 1. The van der Waals surface area contributed by atoms with Crippen LogP contribution in [-0.2, 0) is 19.6 Å². The first-order chi connectivity index (χ1) is 16.3. The number of hydrogen-bond donors (Lipinski definition) is 2. The Hall–Kier alpha value is -2.62. The predicted octanol–water partition coefficient (Wildman–Crippen LogP) is 3.43. The van der Waals surface area contributed by atoms with Crippen molar-refractivity contribution in [3.8, 4) is 11.5 Å². The van der Waals surface area contributed by atoms with Gasteiger partial charge in [0.05, 0.1) is 24.7 Å². The van der Waals surface area contributed by atoms with Crippen molar-refractivity contribution in [2.24, 2.45) is 5.92 Å². The molecule has 1 atom stereocenters. The molecule has 9 heteroatoms.